The first-order valence-corrected chi connectivity index (χ1v) is 2.59. The third-order valence-electron chi connectivity index (χ3n) is 1.24. The average molecular weight is 240 g/mol. The minimum absolute atomic E-state index is 0. The van der Waals surface area contributed by atoms with Gasteiger partial charge in [-0.1, -0.05) is 5.10 Å². The van der Waals surface area contributed by atoms with Crippen LogP contribution in [0.25, 0.3) is 0 Å². The maximum absolute atomic E-state index is 3.83. The lowest BCUT2D eigenvalue weighted by molar-refractivity contribution is -0.820. The van der Waals surface area contributed by atoms with Crippen molar-refractivity contribution in [2.24, 2.45) is 15.5 Å². The highest BCUT2D eigenvalue weighted by Gasteiger charge is 2.19. The van der Waals surface area contributed by atoms with Crippen molar-refractivity contribution in [3.8, 4) is 0 Å². The molecule has 0 N–H and O–H groups in total. The quantitative estimate of drug-likeness (QED) is 0.368. The predicted molar refractivity (Wildman–Crippen MR) is 30.1 cm³/mol. The van der Waals surface area contributed by atoms with Crippen molar-refractivity contribution in [2.75, 3.05) is 13.6 Å². The van der Waals surface area contributed by atoms with Gasteiger partial charge in [-0.05, 0) is 6.92 Å². The molecule has 1 rings (SSSR count). The molecule has 0 aromatic carbocycles. The predicted octanol–water partition coefficient (Wildman–Crippen LogP) is -2.22. The van der Waals surface area contributed by atoms with Gasteiger partial charge >= 0.3 is 0 Å². The summed E-state index contributed by atoms with van der Waals surface area (Å²) in [4.78, 5) is 0. The zero-order valence-electron chi connectivity index (χ0n) is 5.45. The van der Waals surface area contributed by atoms with Crippen LogP contribution in [-0.2, 0) is 0 Å². The Morgan fingerprint density at radius 2 is 2.22 bits per heavy atom. The van der Waals surface area contributed by atoms with Crippen LogP contribution in [0.2, 0.25) is 0 Å². The monoisotopic (exact) mass is 240 g/mol. The fourth-order valence-corrected chi connectivity index (χ4v) is 0.417. The lowest BCUT2D eigenvalue weighted by atomic mass is 10.6. The molecule has 0 amide bonds. The van der Waals surface area contributed by atoms with E-state index < -0.39 is 0 Å². The summed E-state index contributed by atoms with van der Waals surface area (Å²) in [7, 11) is 1.94. The molecule has 1 atom stereocenters. The van der Waals surface area contributed by atoms with Gasteiger partial charge in [-0.15, -0.1) is 4.59 Å². The van der Waals surface area contributed by atoms with Crippen molar-refractivity contribution in [1.29, 1.82) is 0 Å². The lowest BCUT2D eigenvalue weighted by Crippen LogP contribution is -3.00. The van der Waals surface area contributed by atoms with Crippen molar-refractivity contribution < 1.29 is 28.6 Å². The van der Waals surface area contributed by atoms with Gasteiger partial charge in [0.2, 0.25) is 6.34 Å². The van der Waals surface area contributed by atoms with Crippen molar-refractivity contribution >= 4 is 6.34 Å². The van der Waals surface area contributed by atoms with E-state index in [1.807, 2.05) is 14.0 Å². The van der Waals surface area contributed by atoms with E-state index >= 15 is 0 Å². The molecular formula is C4H9IN4. The molecule has 0 saturated carbocycles. The van der Waals surface area contributed by atoms with Crippen LogP contribution in [-0.4, -0.2) is 24.5 Å². The summed E-state index contributed by atoms with van der Waals surface area (Å²) in [5.74, 6) is 0. The fourth-order valence-electron chi connectivity index (χ4n) is 0.417. The van der Waals surface area contributed by atoms with Crippen molar-refractivity contribution in [3.05, 3.63) is 0 Å². The summed E-state index contributed by atoms with van der Waals surface area (Å²) >= 11 is 0. The van der Waals surface area contributed by atoms with Crippen LogP contribution in [0.3, 0.4) is 0 Å². The molecule has 0 bridgehead atoms. The summed E-state index contributed by atoms with van der Waals surface area (Å²) in [6, 6.07) is 0. The Kier molecular flexibility index (Phi) is 3.20. The number of rotatable bonds is 1. The van der Waals surface area contributed by atoms with E-state index in [-0.39, 0.29) is 24.0 Å². The molecule has 1 aliphatic rings. The van der Waals surface area contributed by atoms with Crippen LogP contribution in [0.4, 0.5) is 0 Å². The topological polar surface area (TPSA) is 37.1 Å². The number of quaternary nitrogens is 1. The van der Waals surface area contributed by atoms with Crippen LogP contribution < -0.4 is 24.0 Å². The summed E-state index contributed by atoms with van der Waals surface area (Å²) in [5, 5.41) is 10.9. The highest BCUT2D eigenvalue weighted by Crippen LogP contribution is 2.05. The molecule has 52 valence electrons. The van der Waals surface area contributed by atoms with Crippen LogP contribution in [0.5, 0.6) is 0 Å². The Hall–Kier alpha value is -0.0400. The Morgan fingerprint density at radius 1 is 1.56 bits per heavy atom. The van der Waals surface area contributed by atoms with E-state index in [0.717, 1.165) is 6.54 Å². The Morgan fingerprint density at radius 3 is 2.44 bits per heavy atom. The van der Waals surface area contributed by atoms with Gasteiger partial charge in [0.1, 0.15) is 13.6 Å². The van der Waals surface area contributed by atoms with Gasteiger partial charge in [0.25, 0.3) is 0 Å². The molecule has 0 saturated heterocycles. The minimum Gasteiger partial charge on any atom is -1.00 e. The van der Waals surface area contributed by atoms with E-state index in [0.29, 0.717) is 4.59 Å². The third-order valence-corrected chi connectivity index (χ3v) is 1.24. The second kappa shape index (κ2) is 3.21. The second-order valence-corrected chi connectivity index (χ2v) is 1.94. The standard InChI is InChI=1S/C4H9N4.HI/c1-3-8(2)4-5-6-7-8;/h4H,3H2,1-2H3;1H/q+1;/p-1. The van der Waals surface area contributed by atoms with Gasteiger partial charge in [-0.2, -0.15) is 0 Å². The molecule has 9 heavy (non-hydrogen) atoms. The number of halogens is 1. The van der Waals surface area contributed by atoms with E-state index in [2.05, 4.69) is 15.5 Å². The Balaban J connectivity index is 0.000000640. The first-order chi connectivity index (χ1) is 3.77. The molecule has 1 unspecified atom stereocenters. The van der Waals surface area contributed by atoms with E-state index in [1.165, 1.54) is 0 Å². The molecule has 5 heteroatoms. The Bertz CT molecular complexity index is 130. The molecule has 0 aromatic heterocycles. The summed E-state index contributed by atoms with van der Waals surface area (Å²) in [6.45, 7) is 2.95. The highest BCUT2D eigenvalue weighted by atomic mass is 127. The number of nitrogens with zero attached hydrogens (tertiary/aromatic N) is 4. The molecule has 0 radical (unpaired) electrons. The first kappa shape index (κ1) is 8.96. The van der Waals surface area contributed by atoms with Crippen molar-refractivity contribution in [3.63, 3.8) is 0 Å². The van der Waals surface area contributed by atoms with Gasteiger partial charge in [-0.3, -0.25) is 0 Å². The summed E-state index contributed by atoms with van der Waals surface area (Å²) < 4.78 is 0.486. The summed E-state index contributed by atoms with van der Waals surface area (Å²) in [5.41, 5.74) is 0. The van der Waals surface area contributed by atoms with Crippen LogP contribution in [0, 0.1) is 0 Å². The zero-order chi connectivity index (χ0) is 6.04. The van der Waals surface area contributed by atoms with E-state index in [9.17, 15) is 0 Å². The van der Waals surface area contributed by atoms with Crippen molar-refractivity contribution in [2.45, 2.75) is 6.92 Å². The Labute approximate surface area is 71.2 Å². The van der Waals surface area contributed by atoms with Gasteiger partial charge in [0, 0.05) is 5.22 Å². The van der Waals surface area contributed by atoms with Crippen LogP contribution >= 0.6 is 0 Å². The smallest absolute Gasteiger partial charge is 0.239 e. The van der Waals surface area contributed by atoms with E-state index in [1.54, 1.807) is 6.34 Å². The number of hydrogen-bond donors (Lipinski definition) is 0. The van der Waals surface area contributed by atoms with Gasteiger partial charge in [0.15, 0.2) is 0 Å². The number of hydrogen-bond acceptors (Lipinski definition) is 3. The SMILES string of the molecule is CC[N+]1(C)C=NN=N1.[I-]. The normalized spacial score (nSPS) is 30.4. The molecule has 1 heterocycles. The second-order valence-electron chi connectivity index (χ2n) is 1.94. The fraction of sp³-hybridized carbons (Fsp3) is 0.750. The summed E-state index contributed by atoms with van der Waals surface area (Å²) in [6.07, 6.45) is 1.71. The lowest BCUT2D eigenvalue weighted by Gasteiger charge is -2.11. The maximum atomic E-state index is 3.83. The van der Waals surface area contributed by atoms with Gasteiger partial charge in [0.05, 0.1) is 5.22 Å². The average Bonchev–Trinajstić information content (AvgIpc) is 2.17. The zero-order valence-corrected chi connectivity index (χ0v) is 7.61. The van der Waals surface area contributed by atoms with Gasteiger partial charge < -0.3 is 24.0 Å². The maximum Gasteiger partial charge on any atom is 0.239 e. The molecule has 0 spiro atoms. The molecule has 1 aliphatic heterocycles. The third kappa shape index (κ3) is 1.98. The minimum atomic E-state index is 0. The van der Waals surface area contributed by atoms with Crippen molar-refractivity contribution in [1.82, 2.24) is 0 Å². The van der Waals surface area contributed by atoms with E-state index in [4.69, 9.17) is 0 Å². The molecule has 0 aromatic rings. The molecule has 0 fully saturated rings. The highest BCUT2D eigenvalue weighted by molar-refractivity contribution is 5.45. The molecule has 4 nitrogen and oxygen atoms in total. The van der Waals surface area contributed by atoms with Crippen LogP contribution in [0.15, 0.2) is 15.5 Å². The first-order valence-electron chi connectivity index (χ1n) is 2.59. The molecular weight excluding hydrogens is 231 g/mol. The van der Waals surface area contributed by atoms with Crippen LogP contribution in [0.1, 0.15) is 6.92 Å². The largest absolute Gasteiger partial charge is 1.00 e. The molecule has 0 aliphatic carbocycles. The van der Waals surface area contributed by atoms with Gasteiger partial charge in [-0.25, -0.2) is 0 Å².